The molecule has 0 amide bonds. The third-order valence-corrected chi connectivity index (χ3v) is 8.44. The first-order valence-electron chi connectivity index (χ1n) is 6.91. The van der Waals surface area contributed by atoms with Crippen molar-refractivity contribution in [1.29, 1.82) is 0 Å². The summed E-state index contributed by atoms with van der Waals surface area (Å²) in [7, 11) is -3.07. The van der Waals surface area contributed by atoms with E-state index in [4.69, 9.17) is 0 Å². The minimum absolute atomic E-state index is 0.183. The van der Waals surface area contributed by atoms with Gasteiger partial charge < -0.3 is 5.32 Å². The first-order valence-corrected chi connectivity index (χ1v) is 10.8. The molecule has 0 bridgehead atoms. The van der Waals surface area contributed by atoms with Gasteiger partial charge in [-0.3, -0.25) is 0 Å². The van der Waals surface area contributed by atoms with Crippen LogP contribution in [0.5, 0.6) is 0 Å². The van der Waals surface area contributed by atoms with Crippen molar-refractivity contribution in [2.24, 2.45) is 0 Å². The second-order valence-corrected chi connectivity index (χ2v) is 9.81. The molecule has 110 valence electrons. The zero-order valence-corrected chi connectivity index (χ0v) is 13.7. The van der Waals surface area contributed by atoms with E-state index in [1.807, 2.05) is 41.7 Å². The van der Waals surface area contributed by atoms with Crippen LogP contribution < -0.4 is 5.32 Å². The van der Waals surface area contributed by atoms with Crippen molar-refractivity contribution in [2.45, 2.75) is 22.6 Å². The lowest BCUT2D eigenvalue weighted by atomic mass is 10.0. The van der Waals surface area contributed by atoms with Gasteiger partial charge >= 0.3 is 0 Å². The van der Waals surface area contributed by atoms with E-state index in [0.717, 1.165) is 12.1 Å². The number of hydrogen-bond donors (Lipinski definition) is 1. The average Bonchev–Trinajstić information content (AvgIpc) is 2.48. The molecular formula is C14H19NO2S3. The van der Waals surface area contributed by atoms with Gasteiger partial charge in [-0.15, -0.1) is 0 Å². The van der Waals surface area contributed by atoms with Crippen LogP contribution in [-0.4, -0.2) is 43.2 Å². The Bertz CT molecular complexity index is 568. The quantitative estimate of drug-likeness (QED) is 0.922. The molecule has 0 saturated carbocycles. The van der Waals surface area contributed by atoms with Crippen molar-refractivity contribution in [3.8, 4) is 0 Å². The summed E-state index contributed by atoms with van der Waals surface area (Å²) in [6.07, 6.45) is 0.684. The third-order valence-electron chi connectivity index (χ3n) is 3.78. The molecule has 0 radical (unpaired) electrons. The lowest BCUT2D eigenvalue weighted by Gasteiger charge is -2.29. The molecule has 2 heterocycles. The van der Waals surface area contributed by atoms with Crippen LogP contribution in [0.15, 0.2) is 29.2 Å². The second kappa shape index (κ2) is 6.30. The van der Waals surface area contributed by atoms with Gasteiger partial charge in [-0.25, -0.2) is 8.42 Å². The first kappa shape index (κ1) is 14.8. The molecule has 3 nitrogen and oxygen atoms in total. The van der Waals surface area contributed by atoms with Crippen LogP contribution in [0.25, 0.3) is 0 Å². The average molecular weight is 330 g/mol. The van der Waals surface area contributed by atoms with Crippen LogP contribution in [0.3, 0.4) is 0 Å². The number of nitrogens with one attached hydrogen (secondary N) is 1. The summed E-state index contributed by atoms with van der Waals surface area (Å²) in [5.74, 6) is 3.94. The fourth-order valence-electron chi connectivity index (χ4n) is 2.73. The van der Waals surface area contributed by atoms with E-state index in [2.05, 4.69) is 5.32 Å². The van der Waals surface area contributed by atoms with Crippen LogP contribution >= 0.6 is 23.5 Å². The highest BCUT2D eigenvalue weighted by atomic mass is 32.2. The molecule has 1 aromatic carbocycles. The molecule has 3 rings (SSSR count). The normalized spacial score (nSPS) is 28.8. The van der Waals surface area contributed by atoms with Gasteiger partial charge in [-0.1, -0.05) is 18.2 Å². The van der Waals surface area contributed by atoms with Gasteiger partial charge in [0.25, 0.3) is 0 Å². The number of thioether (sulfide) groups is 2. The number of benzene rings is 1. The van der Waals surface area contributed by atoms with Crippen LogP contribution in [0.1, 0.15) is 18.0 Å². The van der Waals surface area contributed by atoms with E-state index in [9.17, 15) is 8.42 Å². The molecule has 0 aromatic heterocycles. The standard InChI is InChI=1S/C14H19NO2S3/c16-20(17)8-5-13(12-3-1-2-4-14(12)20)15-9-11-10-18-6-7-19-11/h1-4,11,13,15H,5-10H2. The van der Waals surface area contributed by atoms with Crippen LogP contribution in [0.4, 0.5) is 0 Å². The number of sulfone groups is 1. The summed E-state index contributed by atoms with van der Waals surface area (Å²) in [6.45, 7) is 0.969. The molecule has 6 heteroatoms. The summed E-state index contributed by atoms with van der Waals surface area (Å²) in [6, 6.07) is 7.62. The maximum absolute atomic E-state index is 12.1. The summed E-state index contributed by atoms with van der Waals surface area (Å²) in [5.41, 5.74) is 0.951. The fourth-order valence-corrected chi connectivity index (χ4v) is 6.98. The van der Waals surface area contributed by atoms with Gasteiger partial charge in [0.15, 0.2) is 9.84 Å². The Morgan fingerprint density at radius 3 is 2.90 bits per heavy atom. The zero-order valence-electron chi connectivity index (χ0n) is 11.2. The Morgan fingerprint density at radius 1 is 1.25 bits per heavy atom. The van der Waals surface area contributed by atoms with Crippen molar-refractivity contribution in [3.05, 3.63) is 29.8 Å². The minimum Gasteiger partial charge on any atom is -0.309 e. The van der Waals surface area contributed by atoms with Crippen molar-refractivity contribution >= 4 is 33.4 Å². The van der Waals surface area contributed by atoms with Gasteiger partial charge in [-0.05, 0) is 18.1 Å². The van der Waals surface area contributed by atoms with Gasteiger partial charge in [0.05, 0.1) is 10.6 Å². The molecule has 2 unspecified atom stereocenters. The van der Waals surface area contributed by atoms with Crippen LogP contribution in [-0.2, 0) is 9.84 Å². The van der Waals surface area contributed by atoms with Crippen molar-refractivity contribution in [1.82, 2.24) is 5.32 Å². The molecule has 1 aromatic rings. The molecule has 0 spiro atoms. The highest BCUT2D eigenvalue weighted by molar-refractivity contribution is 8.06. The molecule has 2 aliphatic rings. The third kappa shape index (κ3) is 3.18. The number of fused-ring (bicyclic) bond motifs is 1. The van der Waals surface area contributed by atoms with Crippen LogP contribution in [0, 0.1) is 0 Å². The summed E-state index contributed by atoms with van der Waals surface area (Å²) in [5, 5.41) is 4.24. The lowest BCUT2D eigenvalue weighted by molar-refractivity contribution is 0.495. The van der Waals surface area contributed by atoms with E-state index in [1.54, 1.807) is 6.07 Å². The van der Waals surface area contributed by atoms with Crippen molar-refractivity contribution in [2.75, 3.05) is 29.6 Å². The highest BCUT2D eigenvalue weighted by Gasteiger charge is 2.30. The Morgan fingerprint density at radius 2 is 2.10 bits per heavy atom. The first-order chi connectivity index (χ1) is 9.67. The van der Waals surface area contributed by atoms with Crippen molar-refractivity contribution < 1.29 is 8.42 Å². The van der Waals surface area contributed by atoms with E-state index in [1.165, 1.54) is 17.3 Å². The molecule has 0 aliphatic carbocycles. The minimum atomic E-state index is -3.07. The fraction of sp³-hybridized carbons (Fsp3) is 0.571. The maximum Gasteiger partial charge on any atom is 0.178 e. The zero-order chi connectivity index (χ0) is 14.0. The van der Waals surface area contributed by atoms with Gasteiger partial charge in [0, 0.05) is 35.1 Å². The molecule has 2 aliphatic heterocycles. The Balaban J connectivity index is 1.71. The molecule has 1 N–H and O–H groups in total. The van der Waals surface area contributed by atoms with E-state index in [-0.39, 0.29) is 11.8 Å². The molecule has 2 atom stereocenters. The molecule has 1 fully saturated rings. The molecular weight excluding hydrogens is 310 g/mol. The number of rotatable bonds is 3. The summed E-state index contributed by atoms with van der Waals surface area (Å²) >= 11 is 4.05. The summed E-state index contributed by atoms with van der Waals surface area (Å²) in [4.78, 5) is 0.523. The highest BCUT2D eigenvalue weighted by Crippen LogP contribution is 2.32. The van der Waals surface area contributed by atoms with Gasteiger partial charge in [-0.2, -0.15) is 23.5 Å². The number of hydrogen-bond acceptors (Lipinski definition) is 5. The van der Waals surface area contributed by atoms with Gasteiger partial charge in [0.2, 0.25) is 0 Å². The molecule has 1 saturated heterocycles. The molecule has 20 heavy (non-hydrogen) atoms. The van der Waals surface area contributed by atoms with E-state index >= 15 is 0 Å². The van der Waals surface area contributed by atoms with E-state index < -0.39 is 9.84 Å². The predicted molar refractivity (Wildman–Crippen MR) is 87.4 cm³/mol. The Kier molecular flexibility index (Phi) is 4.65. The van der Waals surface area contributed by atoms with Crippen LogP contribution in [0.2, 0.25) is 0 Å². The Hall–Kier alpha value is -0.170. The topological polar surface area (TPSA) is 46.2 Å². The lowest BCUT2D eigenvalue weighted by Crippen LogP contribution is -2.35. The van der Waals surface area contributed by atoms with E-state index in [0.29, 0.717) is 16.6 Å². The smallest absolute Gasteiger partial charge is 0.178 e. The van der Waals surface area contributed by atoms with Gasteiger partial charge in [0.1, 0.15) is 0 Å². The Labute approximate surface area is 129 Å². The second-order valence-electron chi connectivity index (χ2n) is 5.17. The largest absolute Gasteiger partial charge is 0.309 e. The SMILES string of the molecule is O=S1(=O)CCC(NCC2CSCCS2)c2ccccc21. The van der Waals surface area contributed by atoms with Crippen molar-refractivity contribution in [3.63, 3.8) is 0 Å². The maximum atomic E-state index is 12.1. The summed E-state index contributed by atoms with van der Waals surface area (Å²) < 4.78 is 24.2. The predicted octanol–water partition coefficient (Wildman–Crippen LogP) is 2.34. The monoisotopic (exact) mass is 329 g/mol.